The van der Waals surface area contributed by atoms with Crippen LogP contribution in [0.25, 0.3) is 5.69 Å². The van der Waals surface area contributed by atoms with Gasteiger partial charge in [-0.1, -0.05) is 19.9 Å². The number of benzene rings is 1. The fourth-order valence-electron chi connectivity index (χ4n) is 1.88. The summed E-state index contributed by atoms with van der Waals surface area (Å²) in [5, 5.41) is 14.4. The summed E-state index contributed by atoms with van der Waals surface area (Å²) >= 11 is 0. The molecule has 2 rings (SSSR count). The van der Waals surface area contributed by atoms with E-state index in [4.69, 9.17) is 0 Å². The first-order valence-corrected chi connectivity index (χ1v) is 8.06. The predicted molar refractivity (Wildman–Crippen MR) is 93.7 cm³/mol. The van der Waals surface area contributed by atoms with E-state index in [1.54, 1.807) is 19.9 Å². The van der Waals surface area contributed by atoms with Crippen molar-refractivity contribution in [1.29, 1.82) is 0 Å². The van der Waals surface area contributed by atoms with Crippen molar-refractivity contribution < 1.29 is 27.6 Å². The highest BCUT2D eigenvalue weighted by molar-refractivity contribution is 5.54. The minimum Gasteiger partial charge on any atom is -0.468 e. The van der Waals surface area contributed by atoms with Crippen LogP contribution in [-0.4, -0.2) is 27.8 Å². The Hall–Kier alpha value is -2.91. The van der Waals surface area contributed by atoms with E-state index in [2.05, 4.69) is 9.84 Å². The van der Waals surface area contributed by atoms with Crippen LogP contribution >= 0.6 is 0 Å². The summed E-state index contributed by atoms with van der Waals surface area (Å²) in [7, 11) is 0. The third kappa shape index (κ3) is 7.08. The first-order valence-electron chi connectivity index (χ1n) is 8.06. The highest BCUT2D eigenvalue weighted by atomic mass is 19.4. The van der Waals surface area contributed by atoms with Crippen molar-refractivity contribution in [3.05, 3.63) is 51.3 Å². The molecular formula is C17H22F3N3O4. The number of hydrogen-bond donors (Lipinski definition) is 0. The second-order valence-corrected chi connectivity index (χ2v) is 4.88. The molecule has 0 aliphatic heterocycles. The molecule has 27 heavy (non-hydrogen) atoms. The number of carbonyl (C=O) groups excluding carboxylic acids is 1. The van der Waals surface area contributed by atoms with E-state index in [9.17, 15) is 28.1 Å². The van der Waals surface area contributed by atoms with E-state index in [0.29, 0.717) is 18.6 Å². The van der Waals surface area contributed by atoms with Crippen LogP contribution < -0.4 is 0 Å². The van der Waals surface area contributed by atoms with Crippen molar-refractivity contribution in [3.63, 3.8) is 0 Å². The molecule has 1 aromatic heterocycles. The molecule has 150 valence electrons. The quantitative estimate of drug-likeness (QED) is 0.432. The molecule has 0 bridgehead atoms. The molecule has 0 aliphatic carbocycles. The lowest BCUT2D eigenvalue weighted by molar-refractivity contribution is -0.384. The number of halogens is 3. The zero-order chi connectivity index (χ0) is 21.2. The van der Waals surface area contributed by atoms with Gasteiger partial charge in [-0.05, 0) is 38.5 Å². The van der Waals surface area contributed by atoms with Crippen LogP contribution in [0.15, 0.2) is 24.3 Å². The lowest BCUT2D eigenvalue weighted by Gasteiger charge is -2.06. The maximum atomic E-state index is 12.6. The van der Waals surface area contributed by atoms with Gasteiger partial charge in [-0.15, -0.1) is 0 Å². The summed E-state index contributed by atoms with van der Waals surface area (Å²) in [5.41, 5.74) is -0.547. The second-order valence-electron chi connectivity index (χ2n) is 4.88. The minimum atomic E-state index is -4.59. The van der Waals surface area contributed by atoms with Crippen molar-refractivity contribution >= 4 is 12.2 Å². The molecule has 1 heterocycles. The second kappa shape index (κ2) is 10.9. The summed E-state index contributed by atoms with van der Waals surface area (Å²) in [6, 6.07) is 5.11. The molecular weight excluding hydrogens is 367 g/mol. The standard InChI is InChI=1S/C12H10F3N3O2.C3H6O2.C2H6/c1-7-3-4-9(10(5-7)18(19)20)17-8(2)6-11(16-17)12(13,14)15;1-2-5-3-4;1-2/h3-6H,1-2H3;3H,2H2,1H3;1-2H3. The maximum absolute atomic E-state index is 12.6. The number of nitro benzene ring substituents is 1. The van der Waals surface area contributed by atoms with E-state index in [1.807, 2.05) is 13.8 Å². The Kier molecular flexibility index (Phi) is 9.76. The zero-order valence-corrected chi connectivity index (χ0v) is 15.7. The van der Waals surface area contributed by atoms with Crippen molar-refractivity contribution in [1.82, 2.24) is 9.78 Å². The molecule has 0 atom stereocenters. The van der Waals surface area contributed by atoms with E-state index in [1.165, 1.54) is 19.1 Å². The molecule has 2 aromatic rings. The van der Waals surface area contributed by atoms with E-state index in [-0.39, 0.29) is 17.1 Å². The van der Waals surface area contributed by atoms with E-state index < -0.39 is 16.8 Å². The Morgan fingerprint density at radius 2 is 1.85 bits per heavy atom. The number of aryl methyl sites for hydroxylation is 2. The van der Waals surface area contributed by atoms with Gasteiger partial charge in [0.15, 0.2) is 5.69 Å². The van der Waals surface area contributed by atoms with Gasteiger partial charge in [0.2, 0.25) is 0 Å². The normalized spacial score (nSPS) is 10.1. The van der Waals surface area contributed by atoms with Crippen LogP contribution in [-0.2, 0) is 15.7 Å². The Balaban J connectivity index is 0.000000838. The number of rotatable bonds is 4. The van der Waals surface area contributed by atoms with E-state index in [0.717, 1.165) is 10.7 Å². The highest BCUT2D eigenvalue weighted by Gasteiger charge is 2.35. The number of aromatic nitrogens is 2. The van der Waals surface area contributed by atoms with Gasteiger partial charge in [-0.3, -0.25) is 14.9 Å². The molecule has 0 radical (unpaired) electrons. The van der Waals surface area contributed by atoms with Crippen molar-refractivity contribution in [3.8, 4) is 5.69 Å². The molecule has 0 saturated heterocycles. The fraction of sp³-hybridized carbons (Fsp3) is 0.412. The maximum Gasteiger partial charge on any atom is 0.435 e. The third-order valence-electron chi connectivity index (χ3n) is 2.97. The summed E-state index contributed by atoms with van der Waals surface area (Å²) in [4.78, 5) is 19.5. The Bertz CT molecular complexity index is 758. The van der Waals surface area contributed by atoms with Gasteiger partial charge in [0, 0.05) is 11.8 Å². The Labute approximate surface area is 154 Å². The van der Waals surface area contributed by atoms with Gasteiger partial charge in [-0.2, -0.15) is 18.3 Å². The number of ether oxygens (including phenoxy) is 1. The van der Waals surface area contributed by atoms with Gasteiger partial charge in [0.05, 0.1) is 11.5 Å². The number of nitro groups is 1. The molecule has 0 amide bonds. The highest BCUT2D eigenvalue weighted by Crippen LogP contribution is 2.31. The Morgan fingerprint density at radius 1 is 1.26 bits per heavy atom. The average Bonchev–Trinajstić information content (AvgIpc) is 3.00. The van der Waals surface area contributed by atoms with Crippen LogP contribution in [0.1, 0.15) is 37.7 Å². The molecule has 0 fully saturated rings. The number of alkyl halides is 3. The molecule has 0 aliphatic rings. The molecule has 0 unspecified atom stereocenters. The summed E-state index contributed by atoms with van der Waals surface area (Å²) in [5.74, 6) is 0. The molecule has 0 saturated carbocycles. The van der Waals surface area contributed by atoms with Crippen LogP contribution in [0.5, 0.6) is 0 Å². The first-order chi connectivity index (χ1) is 12.6. The van der Waals surface area contributed by atoms with E-state index >= 15 is 0 Å². The van der Waals surface area contributed by atoms with Gasteiger partial charge < -0.3 is 4.74 Å². The van der Waals surface area contributed by atoms with Gasteiger partial charge in [0.1, 0.15) is 5.69 Å². The molecule has 1 aromatic carbocycles. The smallest absolute Gasteiger partial charge is 0.435 e. The fourth-order valence-corrected chi connectivity index (χ4v) is 1.88. The number of nitrogens with zero attached hydrogens (tertiary/aromatic N) is 3. The van der Waals surface area contributed by atoms with Crippen LogP contribution in [0.4, 0.5) is 18.9 Å². The Morgan fingerprint density at radius 3 is 2.22 bits per heavy atom. The SMILES string of the molecule is CC.CCOC=O.Cc1ccc(-n2nc(C(F)(F)F)cc2C)c([N+](=O)[O-])c1. The van der Waals surface area contributed by atoms with Gasteiger partial charge in [-0.25, -0.2) is 4.68 Å². The largest absolute Gasteiger partial charge is 0.468 e. The molecule has 0 N–H and O–H groups in total. The lowest BCUT2D eigenvalue weighted by atomic mass is 10.2. The summed E-state index contributed by atoms with van der Waals surface area (Å²) in [6.45, 7) is 9.73. The van der Waals surface area contributed by atoms with Crippen molar-refractivity contribution in [2.24, 2.45) is 0 Å². The average molecular weight is 389 g/mol. The summed E-state index contributed by atoms with van der Waals surface area (Å²) in [6.07, 6.45) is -4.59. The van der Waals surface area contributed by atoms with Gasteiger partial charge >= 0.3 is 6.18 Å². The zero-order valence-electron chi connectivity index (χ0n) is 15.7. The van der Waals surface area contributed by atoms with Crippen LogP contribution in [0.2, 0.25) is 0 Å². The number of carbonyl (C=O) groups is 1. The van der Waals surface area contributed by atoms with Crippen LogP contribution in [0.3, 0.4) is 0 Å². The van der Waals surface area contributed by atoms with Crippen molar-refractivity contribution in [2.75, 3.05) is 6.61 Å². The molecule has 0 spiro atoms. The third-order valence-corrected chi connectivity index (χ3v) is 2.97. The minimum absolute atomic E-state index is 0.00796. The number of hydrogen-bond acceptors (Lipinski definition) is 5. The first kappa shape index (κ1) is 24.1. The van der Waals surface area contributed by atoms with Gasteiger partial charge in [0.25, 0.3) is 12.2 Å². The summed E-state index contributed by atoms with van der Waals surface area (Å²) < 4.78 is 42.9. The molecule has 10 heteroatoms. The van der Waals surface area contributed by atoms with Crippen molar-refractivity contribution in [2.45, 2.75) is 40.8 Å². The topological polar surface area (TPSA) is 87.3 Å². The van der Waals surface area contributed by atoms with Crippen LogP contribution in [0, 0.1) is 24.0 Å². The molecule has 7 nitrogen and oxygen atoms in total. The lowest BCUT2D eigenvalue weighted by Crippen LogP contribution is -2.08. The predicted octanol–water partition coefficient (Wildman–Crippen LogP) is 4.62. The monoisotopic (exact) mass is 389 g/mol.